The average Bonchev–Trinajstić information content (AvgIpc) is 2.48. The van der Waals surface area contributed by atoms with Gasteiger partial charge in [-0.05, 0) is 37.9 Å². The molecule has 1 unspecified atom stereocenters. The van der Waals surface area contributed by atoms with E-state index < -0.39 is 16.4 Å². The molecule has 1 saturated heterocycles. The number of anilines is 1. The largest absolute Gasteiger partial charge is 0.326 e. The van der Waals surface area contributed by atoms with Crippen molar-refractivity contribution in [2.45, 2.75) is 38.1 Å². The van der Waals surface area contributed by atoms with Crippen LogP contribution in [0.25, 0.3) is 0 Å². The molecule has 1 atom stereocenters. The predicted octanol–water partition coefficient (Wildman–Crippen LogP) is 2.59. The molecule has 0 aromatic heterocycles. The molecule has 0 saturated carbocycles. The van der Waals surface area contributed by atoms with E-state index in [1.165, 1.54) is 18.9 Å². The molecule has 7 heteroatoms. The van der Waals surface area contributed by atoms with Gasteiger partial charge in [-0.25, -0.2) is 0 Å². The molecule has 1 aliphatic heterocycles. The molecule has 0 aliphatic carbocycles. The molecule has 1 aliphatic rings. The van der Waals surface area contributed by atoms with Crippen molar-refractivity contribution in [3.8, 4) is 0 Å². The molecule has 1 aromatic carbocycles. The first-order valence-electron chi connectivity index (χ1n) is 7.03. The maximum atomic E-state index is 13.2. The highest BCUT2D eigenvalue weighted by atomic mass is 19.1. The minimum absolute atomic E-state index is 0.219. The Labute approximate surface area is 121 Å². The van der Waals surface area contributed by atoms with E-state index in [2.05, 4.69) is 10.6 Å². The number of nitrogens with one attached hydrogen (secondary N) is 2. The zero-order valence-electron chi connectivity index (χ0n) is 11.6. The van der Waals surface area contributed by atoms with Crippen LogP contribution < -0.4 is 10.6 Å². The Balaban J connectivity index is 1.87. The highest BCUT2D eigenvalue weighted by Crippen LogP contribution is 2.22. The Morgan fingerprint density at radius 1 is 1.48 bits per heavy atom. The lowest BCUT2D eigenvalue weighted by Crippen LogP contribution is -2.34. The number of halogens is 1. The van der Waals surface area contributed by atoms with E-state index in [-0.39, 0.29) is 11.6 Å². The zero-order valence-corrected chi connectivity index (χ0v) is 11.6. The molecule has 114 valence electrons. The molecular formula is C14H18FN3O3. The molecule has 0 bridgehead atoms. The molecule has 21 heavy (non-hydrogen) atoms. The van der Waals surface area contributed by atoms with Crippen molar-refractivity contribution < 1.29 is 14.1 Å². The predicted molar refractivity (Wildman–Crippen MR) is 76.6 cm³/mol. The number of rotatable bonds is 5. The van der Waals surface area contributed by atoms with Crippen LogP contribution in [-0.4, -0.2) is 23.4 Å². The summed E-state index contributed by atoms with van der Waals surface area (Å²) in [6.45, 7) is 0.983. The first-order valence-corrected chi connectivity index (χ1v) is 7.03. The van der Waals surface area contributed by atoms with Gasteiger partial charge in [0.05, 0.1) is 4.92 Å². The van der Waals surface area contributed by atoms with Crippen molar-refractivity contribution in [3.63, 3.8) is 0 Å². The maximum Gasteiger partial charge on any atom is 0.306 e. The van der Waals surface area contributed by atoms with E-state index in [0.29, 0.717) is 12.5 Å². The lowest BCUT2D eigenvalue weighted by molar-refractivity contribution is -0.387. The fraction of sp³-hybridized carbons (Fsp3) is 0.500. The molecule has 1 fully saturated rings. The van der Waals surface area contributed by atoms with Crippen molar-refractivity contribution in [2.24, 2.45) is 0 Å². The minimum atomic E-state index is -0.913. The molecule has 6 nitrogen and oxygen atoms in total. The van der Waals surface area contributed by atoms with Gasteiger partial charge >= 0.3 is 5.69 Å². The summed E-state index contributed by atoms with van der Waals surface area (Å²) in [5.74, 6) is -1.13. The summed E-state index contributed by atoms with van der Waals surface area (Å²) >= 11 is 0. The van der Waals surface area contributed by atoms with Crippen LogP contribution in [0.15, 0.2) is 18.2 Å². The van der Waals surface area contributed by atoms with Crippen LogP contribution in [0.5, 0.6) is 0 Å². The Bertz CT molecular complexity index is 530. The molecular weight excluding hydrogens is 277 g/mol. The fourth-order valence-electron chi connectivity index (χ4n) is 2.43. The summed E-state index contributed by atoms with van der Waals surface area (Å²) in [4.78, 5) is 21.6. The van der Waals surface area contributed by atoms with Crippen LogP contribution in [0, 0.1) is 15.9 Å². The second-order valence-corrected chi connectivity index (χ2v) is 5.16. The summed E-state index contributed by atoms with van der Waals surface area (Å²) in [6.07, 6.45) is 4.47. The second-order valence-electron chi connectivity index (χ2n) is 5.16. The third kappa shape index (κ3) is 4.49. The van der Waals surface area contributed by atoms with E-state index in [4.69, 9.17) is 0 Å². The van der Waals surface area contributed by atoms with Crippen molar-refractivity contribution in [2.75, 3.05) is 11.9 Å². The summed E-state index contributed by atoms with van der Waals surface area (Å²) in [5.41, 5.74) is -0.397. The smallest absolute Gasteiger partial charge is 0.306 e. The third-order valence-corrected chi connectivity index (χ3v) is 3.56. The first-order chi connectivity index (χ1) is 10.1. The number of nitro groups is 1. The minimum Gasteiger partial charge on any atom is -0.326 e. The molecule has 1 heterocycles. The van der Waals surface area contributed by atoms with Crippen LogP contribution in [0.3, 0.4) is 0 Å². The molecule has 2 rings (SSSR count). The van der Waals surface area contributed by atoms with Gasteiger partial charge in [-0.3, -0.25) is 14.9 Å². The van der Waals surface area contributed by atoms with Crippen LogP contribution >= 0.6 is 0 Å². The van der Waals surface area contributed by atoms with E-state index in [0.717, 1.165) is 31.5 Å². The Kier molecular flexibility index (Phi) is 5.21. The number of hydrogen-bond acceptors (Lipinski definition) is 4. The van der Waals surface area contributed by atoms with Crippen molar-refractivity contribution in [3.05, 3.63) is 34.1 Å². The van der Waals surface area contributed by atoms with Gasteiger partial charge in [-0.15, -0.1) is 0 Å². The molecule has 1 aromatic rings. The van der Waals surface area contributed by atoms with Gasteiger partial charge in [0.2, 0.25) is 11.7 Å². The number of benzene rings is 1. The van der Waals surface area contributed by atoms with Crippen LogP contribution in [0.2, 0.25) is 0 Å². The molecule has 0 radical (unpaired) electrons. The molecule has 1 amide bonds. The van der Waals surface area contributed by atoms with Crippen LogP contribution in [-0.2, 0) is 4.79 Å². The number of nitro benzene ring substituents is 1. The highest BCUT2D eigenvalue weighted by molar-refractivity contribution is 5.91. The van der Waals surface area contributed by atoms with Gasteiger partial charge in [0.25, 0.3) is 0 Å². The maximum absolute atomic E-state index is 13.2. The quantitative estimate of drug-likeness (QED) is 0.646. The van der Waals surface area contributed by atoms with Gasteiger partial charge in [0, 0.05) is 24.2 Å². The number of piperidine rings is 1. The number of carbonyl (C=O) groups excluding carboxylic acids is 1. The van der Waals surface area contributed by atoms with Gasteiger partial charge in [0.1, 0.15) is 0 Å². The van der Waals surface area contributed by atoms with Crippen molar-refractivity contribution >= 4 is 17.3 Å². The number of hydrogen-bond donors (Lipinski definition) is 2. The van der Waals surface area contributed by atoms with Gasteiger partial charge in [-0.2, -0.15) is 4.39 Å². The number of carbonyl (C=O) groups is 1. The lowest BCUT2D eigenvalue weighted by Gasteiger charge is -2.23. The standard InChI is InChI=1S/C14H18FN3O3/c15-12-6-4-11(9-13(12)18(20)21)17-14(19)7-5-10-3-1-2-8-16-10/h4,6,9-10,16H,1-3,5,7-8H2,(H,17,19). The van der Waals surface area contributed by atoms with Crippen molar-refractivity contribution in [1.82, 2.24) is 5.32 Å². The van der Waals surface area contributed by atoms with E-state index >= 15 is 0 Å². The Morgan fingerprint density at radius 3 is 2.95 bits per heavy atom. The third-order valence-electron chi connectivity index (χ3n) is 3.56. The number of amides is 1. The summed E-state index contributed by atoms with van der Waals surface area (Å²) in [5, 5.41) is 16.6. The summed E-state index contributed by atoms with van der Waals surface area (Å²) in [6, 6.07) is 3.69. The zero-order chi connectivity index (χ0) is 15.2. The van der Waals surface area contributed by atoms with Gasteiger partial charge < -0.3 is 10.6 Å². The fourth-order valence-corrected chi connectivity index (χ4v) is 2.43. The lowest BCUT2D eigenvalue weighted by atomic mass is 10.0. The Morgan fingerprint density at radius 2 is 2.29 bits per heavy atom. The van der Waals surface area contributed by atoms with Crippen LogP contribution in [0.4, 0.5) is 15.8 Å². The topological polar surface area (TPSA) is 84.3 Å². The SMILES string of the molecule is O=C(CCC1CCCCN1)Nc1ccc(F)c([N+](=O)[O-])c1. The first kappa shape index (κ1) is 15.4. The Hall–Kier alpha value is -2.02. The van der Waals surface area contributed by atoms with E-state index in [1.54, 1.807) is 0 Å². The normalized spacial score (nSPS) is 18.2. The van der Waals surface area contributed by atoms with Crippen LogP contribution in [0.1, 0.15) is 32.1 Å². The second kappa shape index (κ2) is 7.12. The highest BCUT2D eigenvalue weighted by Gasteiger charge is 2.17. The molecule has 2 N–H and O–H groups in total. The monoisotopic (exact) mass is 295 g/mol. The summed E-state index contributed by atoms with van der Waals surface area (Å²) < 4.78 is 13.2. The van der Waals surface area contributed by atoms with Crippen molar-refractivity contribution in [1.29, 1.82) is 0 Å². The summed E-state index contributed by atoms with van der Waals surface area (Å²) in [7, 11) is 0. The van der Waals surface area contributed by atoms with E-state index in [1.807, 2.05) is 0 Å². The van der Waals surface area contributed by atoms with Gasteiger partial charge in [-0.1, -0.05) is 6.42 Å². The average molecular weight is 295 g/mol. The molecule has 0 spiro atoms. The van der Waals surface area contributed by atoms with Gasteiger partial charge in [0.15, 0.2) is 0 Å². The van der Waals surface area contributed by atoms with E-state index in [9.17, 15) is 19.3 Å². The number of nitrogens with zero attached hydrogens (tertiary/aromatic N) is 1.